The van der Waals surface area contributed by atoms with Crippen LogP contribution < -0.4 is 5.32 Å². The highest BCUT2D eigenvalue weighted by Gasteiger charge is 2.34. The number of phenols is 1. The highest BCUT2D eigenvalue weighted by atomic mass is 16.3. The molecule has 0 spiro atoms. The van der Waals surface area contributed by atoms with Crippen LogP contribution in [0.5, 0.6) is 5.75 Å². The van der Waals surface area contributed by atoms with Gasteiger partial charge in [-0.05, 0) is 82.8 Å². The minimum Gasteiger partial charge on any atom is -0.508 e. The Bertz CT molecular complexity index is 1140. The predicted molar refractivity (Wildman–Crippen MR) is 183 cm³/mol. The molecule has 10 nitrogen and oxygen atoms in total. The number of piperazine rings is 1. The maximum Gasteiger partial charge on any atom is 0.206 e. The van der Waals surface area contributed by atoms with Crippen molar-refractivity contribution in [2.75, 3.05) is 39.8 Å². The third-order valence-corrected chi connectivity index (χ3v) is 8.21. The summed E-state index contributed by atoms with van der Waals surface area (Å²) in [5.41, 5.74) is 3.17. The summed E-state index contributed by atoms with van der Waals surface area (Å²) >= 11 is 0. The number of allylic oxidation sites excluding steroid dienone is 2. The van der Waals surface area contributed by atoms with E-state index in [0.29, 0.717) is 42.0 Å². The molecule has 1 amide bonds. The monoisotopic (exact) mass is 629 g/mol. The summed E-state index contributed by atoms with van der Waals surface area (Å²) in [5, 5.41) is 32.6. The fourth-order valence-electron chi connectivity index (χ4n) is 5.75. The first-order valence-electron chi connectivity index (χ1n) is 16.4. The number of aliphatic hydroxyl groups is 2. The number of ketones is 1. The number of aromatic hydroxyl groups is 1. The Balaban J connectivity index is 0.00000131. The lowest BCUT2D eigenvalue weighted by Crippen LogP contribution is -2.59. The van der Waals surface area contributed by atoms with Crippen LogP contribution in [0.2, 0.25) is 0 Å². The number of amidine groups is 1. The number of carbonyl (C=O) groups is 2. The van der Waals surface area contributed by atoms with Crippen molar-refractivity contribution in [3.63, 3.8) is 0 Å². The summed E-state index contributed by atoms with van der Waals surface area (Å²) in [6.07, 6.45) is 5.02. The predicted octanol–water partition coefficient (Wildman–Crippen LogP) is 5.33. The number of piperidine rings is 1. The maximum absolute atomic E-state index is 11.9. The largest absolute Gasteiger partial charge is 0.508 e. The second-order valence-corrected chi connectivity index (χ2v) is 11.8. The molecule has 2 heterocycles. The van der Waals surface area contributed by atoms with Crippen LogP contribution in [-0.2, 0) is 16.1 Å². The summed E-state index contributed by atoms with van der Waals surface area (Å²) < 4.78 is 0. The number of phenolic OH excluding ortho intramolecular Hbond substituents is 1. The van der Waals surface area contributed by atoms with Crippen molar-refractivity contribution in [1.29, 1.82) is 0 Å². The molecule has 0 aliphatic carbocycles. The number of nitrogens with zero attached hydrogens (tertiary/aromatic N) is 4. The highest BCUT2D eigenvalue weighted by Crippen LogP contribution is 2.28. The van der Waals surface area contributed by atoms with E-state index in [0.717, 1.165) is 69.7 Å². The van der Waals surface area contributed by atoms with E-state index in [9.17, 15) is 20.1 Å². The maximum atomic E-state index is 11.9. The molecular formula is C35H59N5O5. The van der Waals surface area contributed by atoms with Gasteiger partial charge in [0.15, 0.2) is 17.4 Å². The Morgan fingerprint density at radius 2 is 1.73 bits per heavy atom. The molecule has 0 aromatic heterocycles. The van der Waals surface area contributed by atoms with E-state index in [1.54, 1.807) is 40.0 Å². The summed E-state index contributed by atoms with van der Waals surface area (Å²) in [6.45, 7) is 22.4. The zero-order valence-electron chi connectivity index (χ0n) is 29.0. The molecule has 2 aliphatic heterocycles. The first-order chi connectivity index (χ1) is 21.4. The number of nitrogens with one attached hydrogen (secondary N) is 1. The summed E-state index contributed by atoms with van der Waals surface area (Å²) in [7, 11) is 1.56. The third-order valence-electron chi connectivity index (χ3n) is 8.21. The van der Waals surface area contributed by atoms with Crippen LogP contribution in [0.3, 0.4) is 0 Å². The van der Waals surface area contributed by atoms with Crippen LogP contribution in [0.25, 0.3) is 0 Å². The first kappa shape index (κ1) is 39.8. The van der Waals surface area contributed by atoms with E-state index in [4.69, 9.17) is 9.79 Å². The van der Waals surface area contributed by atoms with Gasteiger partial charge in [0.05, 0.1) is 6.10 Å². The van der Waals surface area contributed by atoms with Gasteiger partial charge < -0.3 is 25.5 Å². The first-order valence-corrected chi connectivity index (χ1v) is 16.4. The van der Waals surface area contributed by atoms with Crippen molar-refractivity contribution in [3.05, 3.63) is 52.9 Å². The number of carbonyl (C=O) groups excluding carboxylic acids is 2. The molecule has 254 valence electrons. The minimum absolute atomic E-state index is 0.0105. The lowest BCUT2D eigenvalue weighted by molar-refractivity contribution is -0.113. The fraction of sp³-hybridized carbons (Fsp3) is 0.629. The van der Waals surface area contributed by atoms with Crippen LogP contribution >= 0.6 is 0 Å². The second kappa shape index (κ2) is 20.7. The summed E-state index contributed by atoms with van der Waals surface area (Å²) in [6, 6.07) is 6.11. The average Bonchev–Trinajstić information content (AvgIpc) is 3.02. The van der Waals surface area contributed by atoms with Crippen molar-refractivity contribution in [3.8, 4) is 5.75 Å². The van der Waals surface area contributed by atoms with Gasteiger partial charge in [0.2, 0.25) is 6.41 Å². The number of benzene rings is 1. The summed E-state index contributed by atoms with van der Waals surface area (Å²) in [4.78, 5) is 32.9. The molecule has 0 saturated carbocycles. The number of likely N-dealkylation sites (tertiary alicyclic amines) is 1. The van der Waals surface area contributed by atoms with E-state index < -0.39 is 6.10 Å². The Labute approximate surface area is 271 Å². The number of amides is 1. The van der Waals surface area contributed by atoms with Gasteiger partial charge in [-0.25, -0.2) is 4.99 Å². The molecule has 3 rings (SSSR count). The van der Waals surface area contributed by atoms with E-state index in [-0.39, 0.29) is 17.3 Å². The van der Waals surface area contributed by atoms with Crippen molar-refractivity contribution < 1.29 is 24.9 Å². The number of rotatable bonds is 10. The van der Waals surface area contributed by atoms with Crippen LogP contribution in [0.15, 0.2) is 46.8 Å². The molecular weight excluding hydrogens is 570 g/mol. The summed E-state index contributed by atoms with van der Waals surface area (Å²) in [5.74, 6) is 0.582. The minimum atomic E-state index is -0.616. The third kappa shape index (κ3) is 12.6. The van der Waals surface area contributed by atoms with Gasteiger partial charge in [-0.1, -0.05) is 46.8 Å². The molecule has 1 aromatic rings. The Hall–Kier alpha value is -3.21. The Morgan fingerprint density at radius 1 is 1.13 bits per heavy atom. The van der Waals surface area contributed by atoms with Crippen LogP contribution in [-0.4, -0.2) is 99.9 Å². The Morgan fingerprint density at radius 3 is 2.20 bits per heavy atom. The molecule has 2 saturated heterocycles. The number of Topliss-reactive ketones (excluding diaryl/α,β-unsaturated/α-hetero) is 1. The molecule has 2 fully saturated rings. The second-order valence-electron chi connectivity index (χ2n) is 11.8. The lowest BCUT2D eigenvalue weighted by Gasteiger charge is -2.48. The molecule has 10 heteroatoms. The van der Waals surface area contributed by atoms with Gasteiger partial charge in [0.25, 0.3) is 0 Å². The van der Waals surface area contributed by atoms with Crippen molar-refractivity contribution >= 4 is 18.0 Å². The quantitative estimate of drug-likeness (QED) is 0.0899. The SMILES string of the molecule is C=C(O)C(=N/C(CC)=C(\C)C(C)=O)N1CCN(C2CCN(Cc3ccc(O)cc3C(C)O)CC2)C(CC)C1.CCC.CNC=O. The van der Waals surface area contributed by atoms with Gasteiger partial charge in [-0.3, -0.25) is 19.4 Å². The number of hydrogen-bond donors (Lipinski definition) is 4. The fourth-order valence-corrected chi connectivity index (χ4v) is 5.75. The molecule has 2 unspecified atom stereocenters. The van der Waals surface area contributed by atoms with Crippen molar-refractivity contribution in [1.82, 2.24) is 20.0 Å². The van der Waals surface area contributed by atoms with Gasteiger partial charge in [0.1, 0.15) is 5.75 Å². The Kier molecular flexibility index (Phi) is 18.4. The zero-order valence-corrected chi connectivity index (χ0v) is 29.0. The average molecular weight is 630 g/mol. The molecule has 45 heavy (non-hydrogen) atoms. The normalized spacial score (nSPS) is 19.3. The zero-order chi connectivity index (χ0) is 34.1. The van der Waals surface area contributed by atoms with Gasteiger partial charge >= 0.3 is 0 Å². The van der Waals surface area contributed by atoms with Crippen molar-refractivity contribution in [2.45, 2.75) is 105 Å². The van der Waals surface area contributed by atoms with Crippen LogP contribution in [0.1, 0.15) is 97.8 Å². The van der Waals surface area contributed by atoms with E-state index in [1.807, 2.05) is 13.0 Å². The number of hydrogen-bond acceptors (Lipinski definition) is 8. The molecule has 1 aromatic carbocycles. The van der Waals surface area contributed by atoms with E-state index in [1.165, 1.54) is 6.42 Å². The molecule has 4 N–H and O–H groups in total. The highest BCUT2D eigenvalue weighted by molar-refractivity contribution is 5.98. The molecule has 2 aliphatic rings. The molecule has 0 radical (unpaired) electrons. The molecule has 0 bridgehead atoms. The number of aliphatic hydroxyl groups excluding tert-OH is 2. The van der Waals surface area contributed by atoms with Gasteiger partial charge in [-0.15, -0.1) is 0 Å². The lowest BCUT2D eigenvalue weighted by atomic mass is 9.96. The smallest absolute Gasteiger partial charge is 0.206 e. The van der Waals surface area contributed by atoms with Gasteiger partial charge in [-0.2, -0.15) is 0 Å². The number of aliphatic imine (C=N–C) groups is 1. The van der Waals surface area contributed by atoms with Crippen LogP contribution in [0.4, 0.5) is 0 Å². The topological polar surface area (TPSA) is 129 Å². The van der Waals surface area contributed by atoms with Crippen LogP contribution in [0, 0.1) is 0 Å². The van der Waals surface area contributed by atoms with E-state index in [2.05, 4.69) is 47.4 Å². The van der Waals surface area contributed by atoms with Crippen molar-refractivity contribution in [2.24, 2.45) is 4.99 Å². The standard InChI is InChI=1S/C30H46N4O4.C3H8.C2H5NO/c1-7-25-19-33(30(23(6)37)31-29(8-2)20(3)21(4)35)15-16-34(25)26-11-13-32(14-12-26)18-24-9-10-27(38)17-28(24)22(5)36;1-3-2;1-3-2-4/h9-10,17,22,25-26,36-38H,6-8,11-16,18-19H2,1-5H3;3H2,1-2H3;2H,1H3,(H,3,4)/b29-20+,31-30?;;. The molecule has 2 atom stereocenters. The van der Waals surface area contributed by atoms with Gasteiger partial charge in [0, 0.05) is 56.6 Å². The van der Waals surface area contributed by atoms with E-state index >= 15 is 0 Å².